The number of anilines is 1. The number of hydrogen-bond acceptors (Lipinski definition) is 6. The van der Waals surface area contributed by atoms with E-state index >= 15 is 0 Å². The third-order valence-corrected chi connectivity index (χ3v) is 5.68. The molecule has 166 valence electrons. The summed E-state index contributed by atoms with van der Waals surface area (Å²) in [6.07, 6.45) is 2.55. The van der Waals surface area contributed by atoms with Gasteiger partial charge >= 0.3 is 6.18 Å². The zero-order valence-electron chi connectivity index (χ0n) is 17.2. The standard InChI is InChI=1S/C21H18F3N5O3/c1-31-14-5-12(7-25-9-14)15-6-16(32-2)17-18(27-15)20(3-4-20)29(19(17)30)13-8-26-28(10-13)11-21(22,23)24/h5-10H,3-4,11H2,1-2H3. The lowest BCUT2D eigenvalue weighted by molar-refractivity contribution is -0.142. The molecular weight excluding hydrogens is 427 g/mol. The van der Waals surface area contributed by atoms with E-state index in [0.29, 0.717) is 52.5 Å². The first-order chi connectivity index (χ1) is 15.3. The van der Waals surface area contributed by atoms with Gasteiger partial charge in [0.2, 0.25) is 0 Å². The SMILES string of the molecule is COc1cncc(-c2cc(OC)c3c(n2)C2(CC2)N(c2cnn(CC(F)(F)F)c2)C3=O)c1. The second kappa shape index (κ2) is 6.94. The molecule has 1 aliphatic heterocycles. The first-order valence-electron chi connectivity index (χ1n) is 9.78. The molecule has 0 N–H and O–H groups in total. The smallest absolute Gasteiger partial charge is 0.408 e. The second-order valence-electron chi connectivity index (χ2n) is 7.73. The van der Waals surface area contributed by atoms with Crippen LogP contribution in [0.2, 0.25) is 0 Å². The van der Waals surface area contributed by atoms with Crippen molar-refractivity contribution in [2.75, 3.05) is 19.1 Å². The molecule has 0 radical (unpaired) electrons. The number of nitrogens with zero attached hydrogens (tertiary/aromatic N) is 5. The molecule has 0 bridgehead atoms. The summed E-state index contributed by atoms with van der Waals surface area (Å²) in [5, 5.41) is 3.79. The van der Waals surface area contributed by atoms with Crippen molar-refractivity contribution in [1.82, 2.24) is 19.7 Å². The minimum atomic E-state index is -4.41. The lowest BCUT2D eigenvalue weighted by atomic mass is 10.1. The predicted molar refractivity (Wildman–Crippen MR) is 107 cm³/mol. The maximum Gasteiger partial charge on any atom is 0.408 e. The molecule has 1 fully saturated rings. The molecule has 0 saturated heterocycles. The Morgan fingerprint density at radius 3 is 2.56 bits per heavy atom. The number of carbonyl (C=O) groups is 1. The van der Waals surface area contributed by atoms with Crippen LogP contribution in [0.15, 0.2) is 36.9 Å². The van der Waals surface area contributed by atoms with Gasteiger partial charge in [-0.2, -0.15) is 18.3 Å². The van der Waals surface area contributed by atoms with E-state index < -0.39 is 18.3 Å². The number of aromatic nitrogens is 4. The highest BCUT2D eigenvalue weighted by molar-refractivity contribution is 6.14. The molecule has 8 nitrogen and oxygen atoms in total. The lowest BCUT2D eigenvalue weighted by Crippen LogP contribution is -2.33. The number of amides is 1. The predicted octanol–water partition coefficient (Wildman–Crippen LogP) is 3.57. The summed E-state index contributed by atoms with van der Waals surface area (Å²) in [4.78, 5) is 23.8. The van der Waals surface area contributed by atoms with Crippen molar-refractivity contribution in [3.63, 3.8) is 0 Å². The molecule has 5 rings (SSSR count). The van der Waals surface area contributed by atoms with Crippen molar-refractivity contribution in [2.45, 2.75) is 31.1 Å². The molecule has 1 saturated carbocycles. The van der Waals surface area contributed by atoms with Crippen molar-refractivity contribution >= 4 is 11.6 Å². The Kier molecular flexibility index (Phi) is 4.40. The molecule has 1 aliphatic carbocycles. The van der Waals surface area contributed by atoms with Gasteiger partial charge in [0.1, 0.15) is 23.6 Å². The summed E-state index contributed by atoms with van der Waals surface area (Å²) < 4.78 is 49.8. The monoisotopic (exact) mass is 445 g/mol. The first-order valence-corrected chi connectivity index (χ1v) is 9.78. The molecule has 4 heterocycles. The van der Waals surface area contributed by atoms with Crippen LogP contribution in [0.4, 0.5) is 18.9 Å². The average Bonchev–Trinajstić information content (AvgIpc) is 3.37. The number of alkyl halides is 3. The van der Waals surface area contributed by atoms with Gasteiger partial charge in [-0.25, -0.2) is 4.98 Å². The van der Waals surface area contributed by atoms with Crippen LogP contribution in [0.5, 0.6) is 11.5 Å². The van der Waals surface area contributed by atoms with E-state index in [2.05, 4.69) is 10.1 Å². The fourth-order valence-electron chi connectivity index (χ4n) is 4.14. The van der Waals surface area contributed by atoms with E-state index in [9.17, 15) is 18.0 Å². The quantitative estimate of drug-likeness (QED) is 0.597. The summed E-state index contributed by atoms with van der Waals surface area (Å²) in [6.45, 7) is -1.23. The molecule has 1 amide bonds. The maximum atomic E-state index is 13.4. The van der Waals surface area contributed by atoms with Gasteiger partial charge in [0.25, 0.3) is 5.91 Å². The first kappa shape index (κ1) is 20.3. The number of rotatable bonds is 5. The van der Waals surface area contributed by atoms with E-state index in [1.807, 2.05) is 0 Å². The van der Waals surface area contributed by atoms with Gasteiger partial charge in [-0.1, -0.05) is 0 Å². The molecule has 0 atom stereocenters. The van der Waals surface area contributed by atoms with Crippen LogP contribution in [0.3, 0.4) is 0 Å². The normalized spacial score (nSPS) is 16.4. The van der Waals surface area contributed by atoms with Crippen LogP contribution < -0.4 is 14.4 Å². The lowest BCUT2D eigenvalue weighted by Gasteiger charge is -2.22. The summed E-state index contributed by atoms with van der Waals surface area (Å²) in [5.74, 6) is 0.526. The summed E-state index contributed by atoms with van der Waals surface area (Å²) >= 11 is 0. The Hall–Kier alpha value is -3.63. The van der Waals surface area contributed by atoms with E-state index in [0.717, 1.165) is 4.68 Å². The molecule has 32 heavy (non-hydrogen) atoms. The van der Waals surface area contributed by atoms with Crippen molar-refractivity contribution < 1.29 is 27.4 Å². The number of ether oxygens (including phenoxy) is 2. The van der Waals surface area contributed by atoms with E-state index in [-0.39, 0.29) is 5.91 Å². The molecule has 3 aromatic rings. The number of halogens is 3. The second-order valence-corrected chi connectivity index (χ2v) is 7.73. The largest absolute Gasteiger partial charge is 0.496 e. The van der Waals surface area contributed by atoms with Crippen LogP contribution in [0.1, 0.15) is 28.9 Å². The number of pyridine rings is 2. The average molecular weight is 445 g/mol. The van der Waals surface area contributed by atoms with Crippen LogP contribution >= 0.6 is 0 Å². The Morgan fingerprint density at radius 2 is 1.91 bits per heavy atom. The Bertz CT molecular complexity index is 1220. The molecule has 11 heteroatoms. The van der Waals surface area contributed by atoms with Gasteiger partial charge in [-0.3, -0.25) is 19.4 Å². The minimum Gasteiger partial charge on any atom is -0.496 e. The zero-order valence-corrected chi connectivity index (χ0v) is 17.2. The highest BCUT2D eigenvalue weighted by Gasteiger charge is 2.61. The van der Waals surface area contributed by atoms with E-state index in [1.54, 1.807) is 24.5 Å². The van der Waals surface area contributed by atoms with E-state index in [4.69, 9.17) is 14.5 Å². The highest BCUT2D eigenvalue weighted by Crippen LogP contribution is 2.59. The van der Waals surface area contributed by atoms with Crippen LogP contribution in [0, 0.1) is 0 Å². The van der Waals surface area contributed by atoms with Crippen molar-refractivity contribution in [2.24, 2.45) is 0 Å². The highest BCUT2D eigenvalue weighted by atomic mass is 19.4. The molecule has 1 spiro atoms. The Morgan fingerprint density at radius 1 is 1.12 bits per heavy atom. The van der Waals surface area contributed by atoms with Crippen molar-refractivity contribution in [1.29, 1.82) is 0 Å². The number of methoxy groups -OCH3 is 2. The van der Waals surface area contributed by atoms with Gasteiger partial charge in [0.15, 0.2) is 0 Å². The van der Waals surface area contributed by atoms with Crippen molar-refractivity contribution in [3.05, 3.63) is 48.2 Å². The fourth-order valence-corrected chi connectivity index (χ4v) is 4.14. The third kappa shape index (κ3) is 3.15. The number of hydrogen-bond donors (Lipinski definition) is 0. The Balaban J connectivity index is 1.59. The topological polar surface area (TPSA) is 82.4 Å². The van der Waals surface area contributed by atoms with Crippen LogP contribution in [-0.4, -0.2) is 46.1 Å². The molecule has 2 aliphatic rings. The number of fused-ring (bicyclic) bond motifs is 2. The van der Waals surface area contributed by atoms with Crippen LogP contribution in [0.25, 0.3) is 11.3 Å². The molecule has 3 aromatic heterocycles. The van der Waals surface area contributed by atoms with Gasteiger partial charge in [-0.05, 0) is 18.9 Å². The van der Waals surface area contributed by atoms with Gasteiger partial charge < -0.3 is 9.47 Å². The van der Waals surface area contributed by atoms with Crippen molar-refractivity contribution in [3.8, 4) is 22.8 Å². The zero-order chi connectivity index (χ0) is 22.7. The number of carbonyl (C=O) groups excluding carboxylic acids is 1. The summed E-state index contributed by atoms with van der Waals surface area (Å²) in [6, 6.07) is 3.43. The van der Waals surface area contributed by atoms with E-state index in [1.165, 1.54) is 31.5 Å². The molecular formula is C21H18F3N5O3. The van der Waals surface area contributed by atoms with Crippen LogP contribution in [-0.2, 0) is 12.1 Å². The molecule has 0 unspecified atom stereocenters. The van der Waals surface area contributed by atoms with Gasteiger partial charge in [0, 0.05) is 24.0 Å². The molecule has 0 aromatic carbocycles. The Labute approximate surface area is 180 Å². The maximum absolute atomic E-state index is 13.4. The van der Waals surface area contributed by atoms with Gasteiger partial charge in [0.05, 0.1) is 49.2 Å². The fraction of sp³-hybridized carbons (Fsp3) is 0.333. The van der Waals surface area contributed by atoms with Gasteiger partial charge in [-0.15, -0.1) is 0 Å². The summed E-state index contributed by atoms with van der Waals surface area (Å²) in [5.41, 5.74) is 1.66. The third-order valence-electron chi connectivity index (χ3n) is 5.68. The minimum absolute atomic E-state index is 0.293. The summed E-state index contributed by atoms with van der Waals surface area (Å²) in [7, 11) is 2.99.